The monoisotopic (exact) mass is 411 g/mol. The number of aliphatic hydroxyl groups excluding tert-OH is 1. The van der Waals surface area contributed by atoms with E-state index in [0.717, 1.165) is 22.3 Å². The van der Waals surface area contributed by atoms with Crippen molar-refractivity contribution in [2.45, 2.75) is 37.9 Å². The van der Waals surface area contributed by atoms with E-state index < -0.39 is 0 Å². The van der Waals surface area contributed by atoms with Crippen LogP contribution in [-0.2, 0) is 16.7 Å². The van der Waals surface area contributed by atoms with Gasteiger partial charge in [0.2, 0.25) is 0 Å². The smallest absolute Gasteiger partial charge is 0.191 e. The lowest BCUT2D eigenvalue weighted by atomic mass is 9.87. The third-order valence-corrected chi connectivity index (χ3v) is 5.53. The average Bonchev–Trinajstić information content (AvgIpc) is 3.10. The Morgan fingerprint density at radius 3 is 2.34 bits per heavy atom. The Balaban J connectivity index is 1.85. The second kappa shape index (κ2) is 10.1. The van der Waals surface area contributed by atoms with Gasteiger partial charge in [-0.05, 0) is 16.5 Å². The number of rotatable bonds is 9. The van der Waals surface area contributed by atoms with Crippen LogP contribution in [0.1, 0.15) is 31.9 Å². The van der Waals surface area contributed by atoms with E-state index in [9.17, 15) is 0 Å². The number of hydrogen-bond donors (Lipinski definition) is 1. The van der Waals surface area contributed by atoms with Crippen LogP contribution in [0.25, 0.3) is 11.4 Å². The molecule has 0 amide bonds. The normalized spacial score (nSPS) is 11.7. The van der Waals surface area contributed by atoms with Crippen molar-refractivity contribution in [3.05, 3.63) is 65.7 Å². The van der Waals surface area contributed by atoms with Gasteiger partial charge in [-0.2, -0.15) is 0 Å². The maximum atomic E-state index is 8.83. The summed E-state index contributed by atoms with van der Waals surface area (Å²) in [6, 6.07) is 19.0. The molecule has 1 aromatic heterocycles. The van der Waals surface area contributed by atoms with Crippen molar-refractivity contribution in [2.75, 3.05) is 25.6 Å². The van der Waals surface area contributed by atoms with Crippen LogP contribution in [0.2, 0.25) is 0 Å². The van der Waals surface area contributed by atoms with E-state index in [2.05, 4.69) is 71.9 Å². The fraction of sp³-hybridized carbons (Fsp3) is 0.391. The highest BCUT2D eigenvalue weighted by Crippen LogP contribution is 2.28. The summed E-state index contributed by atoms with van der Waals surface area (Å²) in [5.41, 5.74) is 3.68. The van der Waals surface area contributed by atoms with Crippen LogP contribution in [0.4, 0.5) is 0 Å². The maximum Gasteiger partial charge on any atom is 0.191 e. The standard InChI is InChI=1S/C23H29N3O2S/c1-23(2,3)20-11-9-19(10-12-20)21-24-25-22(29-16-15-28-14-13-27)26(21)17-18-7-5-4-6-8-18/h4-12,27H,13-17H2,1-3H3. The lowest BCUT2D eigenvalue weighted by molar-refractivity contribution is 0.103. The molecule has 3 aromatic rings. The lowest BCUT2D eigenvalue weighted by Gasteiger charge is -2.19. The summed E-state index contributed by atoms with van der Waals surface area (Å²) in [7, 11) is 0. The second-order valence-electron chi connectivity index (χ2n) is 7.89. The number of aliphatic hydroxyl groups is 1. The van der Waals surface area contributed by atoms with Crippen molar-refractivity contribution >= 4 is 11.8 Å². The highest BCUT2D eigenvalue weighted by molar-refractivity contribution is 7.99. The van der Waals surface area contributed by atoms with Crippen LogP contribution in [0.5, 0.6) is 0 Å². The summed E-state index contributed by atoms with van der Waals surface area (Å²) < 4.78 is 7.54. The fourth-order valence-corrected chi connectivity index (χ4v) is 3.78. The van der Waals surface area contributed by atoms with Crippen molar-refractivity contribution in [1.29, 1.82) is 0 Å². The molecule has 154 valence electrons. The van der Waals surface area contributed by atoms with Crippen molar-refractivity contribution in [3.8, 4) is 11.4 Å². The number of hydrogen-bond acceptors (Lipinski definition) is 5. The number of aromatic nitrogens is 3. The number of benzene rings is 2. The highest BCUT2D eigenvalue weighted by atomic mass is 32.2. The molecule has 0 spiro atoms. The largest absolute Gasteiger partial charge is 0.394 e. The van der Waals surface area contributed by atoms with Gasteiger partial charge < -0.3 is 9.84 Å². The number of ether oxygens (including phenoxy) is 1. The SMILES string of the molecule is CC(C)(C)c1ccc(-c2nnc(SCCOCCO)n2Cc2ccccc2)cc1. The molecule has 1 N–H and O–H groups in total. The van der Waals surface area contributed by atoms with Crippen LogP contribution in [0.3, 0.4) is 0 Å². The van der Waals surface area contributed by atoms with E-state index in [1.807, 2.05) is 18.2 Å². The summed E-state index contributed by atoms with van der Waals surface area (Å²) in [6.07, 6.45) is 0. The number of nitrogens with zero attached hydrogens (tertiary/aromatic N) is 3. The summed E-state index contributed by atoms with van der Waals surface area (Å²) in [5, 5.41) is 18.7. The fourth-order valence-electron chi connectivity index (χ4n) is 3.00. The first-order valence-corrected chi connectivity index (χ1v) is 10.9. The van der Waals surface area contributed by atoms with Gasteiger partial charge in [0.1, 0.15) is 0 Å². The zero-order chi connectivity index (χ0) is 20.7. The molecule has 0 fully saturated rings. The molecule has 0 aliphatic heterocycles. The van der Waals surface area contributed by atoms with Crippen LogP contribution >= 0.6 is 11.8 Å². The molecule has 0 aliphatic rings. The first kappa shape index (κ1) is 21.6. The van der Waals surface area contributed by atoms with Gasteiger partial charge in [-0.15, -0.1) is 10.2 Å². The minimum atomic E-state index is 0.0452. The third-order valence-electron chi connectivity index (χ3n) is 4.60. The summed E-state index contributed by atoms with van der Waals surface area (Å²) in [5.74, 6) is 1.63. The predicted octanol–water partition coefficient (Wildman–Crippen LogP) is 4.39. The highest BCUT2D eigenvalue weighted by Gasteiger charge is 2.17. The topological polar surface area (TPSA) is 60.2 Å². The van der Waals surface area contributed by atoms with Gasteiger partial charge in [-0.1, -0.05) is 87.1 Å². The predicted molar refractivity (Wildman–Crippen MR) is 118 cm³/mol. The van der Waals surface area contributed by atoms with Gasteiger partial charge in [0.05, 0.1) is 26.4 Å². The molecule has 0 saturated heterocycles. The first-order chi connectivity index (χ1) is 14.0. The van der Waals surface area contributed by atoms with Crippen LogP contribution < -0.4 is 0 Å². The van der Waals surface area contributed by atoms with E-state index in [4.69, 9.17) is 9.84 Å². The Hall–Kier alpha value is -2.15. The van der Waals surface area contributed by atoms with E-state index in [0.29, 0.717) is 19.8 Å². The average molecular weight is 412 g/mol. The minimum absolute atomic E-state index is 0.0452. The molecule has 3 rings (SSSR count). The summed E-state index contributed by atoms with van der Waals surface area (Å²) >= 11 is 1.62. The molecule has 6 heteroatoms. The molecule has 0 aliphatic carbocycles. The van der Waals surface area contributed by atoms with Gasteiger partial charge in [0, 0.05) is 11.3 Å². The minimum Gasteiger partial charge on any atom is -0.394 e. The van der Waals surface area contributed by atoms with Crippen LogP contribution in [0, 0.1) is 0 Å². The Labute approximate surface area is 177 Å². The molecule has 0 radical (unpaired) electrons. The molecular weight excluding hydrogens is 382 g/mol. The van der Waals surface area contributed by atoms with Crippen LogP contribution in [0.15, 0.2) is 59.8 Å². The van der Waals surface area contributed by atoms with E-state index in [1.54, 1.807) is 11.8 Å². The zero-order valence-corrected chi connectivity index (χ0v) is 18.2. The Morgan fingerprint density at radius 1 is 0.966 bits per heavy atom. The van der Waals surface area contributed by atoms with Crippen molar-refractivity contribution < 1.29 is 9.84 Å². The van der Waals surface area contributed by atoms with E-state index >= 15 is 0 Å². The second-order valence-corrected chi connectivity index (χ2v) is 8.95. The quantitative estimate of drug-likeness (QED) is 0.418. The van der Waals surface area contributed by atoms with Crippen molar-refractivity contribution in [3.63, 3.8) is 0 Å². The van der Waals surface area contributed by atoms with Gasteiger partial charge in [0.15, 0.2) is 11.0 Å². The van der Waals surface area contributed by atoms with Gasteiger partial charge in [-0.25, -0.2) is 0 Å². The maximum absolute atomic E-state index is 8.83. The summed E-state index contributed by atoms with van der Waals surface area (Å²) in [6.45, 7) is 8.34. The molecule has 0 saturated carbocycles. The van der Waals surface area contributed by atoms with Crippen molar-refractivity contribution in [2.24, 2.45) is 0 Å². The molecule has 5 nitrogen and oxygen atoms in total. The molecule has 2 aromatic carbocycles. The molecule has 0 unspecified atom stereocenters. The van der Waals surface area contributed by atoms with Gasteiger partial charge >= 0.3 is 0 Å². The van der Waals surface area contributed by atoms with E-state index in [-0.39, 0.29) is 12.0 Å². The van der Waals surface area contributed by atoms with Crippen molar-refractivity contribution in [1.82, 2.24) is 14.8 Å². The Morgan fingerprint density at radius 2 is 1.69 bits per heavy atom. The Kier molecular flexibility index (Phi) is 7.47. The van der Waals surface area contributed by atoms with E-state index in [1.165, 1.54) is 11.1 Å². The van der Waals surface area contributed by atoms with Gasteiger partial charge in [0.25, 0.3) is 0 Å². The lowest BCUT2D eigenvalue weighted by Crippen LogP contribution is -2.10. The summed E-state index contributed by atoms with van der Waals surface area (Å²) in [4.78, 5) is 0. The Bertz CT molecular complexity index is 887. The molecule has 29 heavy (non-hydrogen) atoms. The van der Waals surface area contributed by atoms with Crippen LogP contribution in [-0.4, -0.2) is 45.4 Å². The molecular formula is C23H29N3O2S. The van der Waals surface area contributed by atoms with Gasteiger partial charge in [-0.3, -0.25) is 4.57 Å². The number of thioether (sulfide) groups is 1. The molecule has 0 bridgehead atoms. The zero-order valence-electron chi connectivity index (χ0n) is 17.3. The first-order valence-electron chi connectivity index (χ1n) is 9.88. The molecule has 0 atom stereocenters. The third kappa shape index (κ3) is 5.92. The molecule has 1 heterocycles.